The monoisotopic (exact) mass is 291 g/mol. The summed E-state index contributed by atoms with van der Waals surface area (Å²) >= 11 is 0. The molecule has 1 aromatic carbocycles. The molecule has 0 amide bonds. The zero-order valence-electron chi connectivity index (χ0n) is 11.2. The van der Waals surface area contributed by atoms with Gasteiger partial charge in [0.1, 0.15) is 0 Å². The number of ether oxygens (including phenoxy) is 2. The van der Waals surface area contributed by atoms with Crippen molar-refractivity contribution in [3.05, 3.63) is 24.3 Å². The van der Waals surface area contributed by atoms with E-state index >= 15 is 0 Å². The number of rotatable bonds is 6. The normalized spacial score (nSPS) is 12.7. The van der Waals surface area contributed by atoms with Crippen LogP contribution in [0.25, 0.3) is 0 Å². The molecule has 0 fully saturated rings. The van der Waals surface area contributed by atoms with Gasteiger partial charge in [-0.05, 0) is 26.0 Å². The van der Waals surface area contributed by atoms with Gasteiger partial charge in [0.25, 0.3) is 0 Å². The first-order valence-electron chi connectivity index (χ1n) is 6.08. The fourth-order valence-electron chi connectivity index (χ4n) is 1.59. The molecule has 0 saturated heterocycles. The molecule has 1 rings (SSSR count). The van der Waals surface area contributed by atoms with Crippen LogP contribution in [0, 0.1) is 0 Å². The van der Waals surface area contributed by atoms with Gasteiger partial charge in [-0.2, -0.15) is 0 Å². The van der Waals surface area contributed by atoms with Gasteiger partial charge >= 0.3 is 12.3 Å². The second-order valence-electron chi connectivity index (χ2n) is 4.10. The number of nitrogens with one attached hydrogen (secondary N) is 1. The Morgan fingerprint density at radius 3 is 2.60 bits per heavy atom. The van der Waals surface area contributed by atoms with Gasteiger partial charge in [0, 0.05) is 6.04 Å². The molecule has 0 aromatic heterocycles. The van der Waals surface area contributed by atoms with E-state index in [-0.39, 0.29) is 30.5 Å². The number of esters is 1. The maximum atomic E-state index is 12.2. The van der Waals surface area contributed by atoms with Crippen LogP contribution in [0.4, 0.5) is 18.9 Å². The van der Waals surface area contributed by atoms with E-state index in [9.17, 15) is 18.0 Å². The lowest BCUT2D eigenvalue weighted by molar-refractivity contribution is -0.274. The standard InChI is InChI=1S/C13H16F3NO3/c1-3-19-12(18)8-9(2)17-10-6-4-5-7-11(10)20-13(14,15)16/h4-7,9,17H,3,8H2,1-2H3. The third kappa shape index (κ3) is 5.81. The van der Waals surface area contributed by atoms with Crippen LogP contribution >= 0.6 is 0 Å². The molecule has 0 aliphatic carbocycles. The van der Waals surface area contributed by atoms with Crippen LogP contribution in [-0.2, 0) is 9.53 Å². The van der Waals surface area contributed by atoms with Crippen molar-refractivity contribution >= 4 is 11.7 Å². The van der Waals surface area contributed by atoms with E-state index in [1.807, 2.05) is 0 Å². The minimum Gasteiger partial charge on any atom is -0.466 e. The molecule has 0 aliphatic rings. The second-order valence-corrected chi connectivity index (χ2v) is 4.10. The molecule has 7 heteroatoms. The van der Waals surface area contributed by atoms with Gasteiger partial charge in [-0.15, -0.1) is 13.2 Å². The zero-order chi connectivity index (χ0) is 15.2. The molecule has 0 heterocycles. The van der Waals surface area contributed by atoms with Gasteiger partial charge in [-0.1, -0.05) is 12.1 Å². The Labute approximate surface area is 114 Å². The van der Waals surface area contributed by atoms with Crippen molar-refractivity contribution in [3.63, 3.8) is 0 Å². The Morgan fingerprint density at radius 2 is 2.00 bits per heavy atom. The quantitative estimate of drug-likeness (QED) is 0.817. The number of hydrogen-bond donors (Lipinski definition) is 1. The lowest BCUT2D eigenvalue weighted by Crippen LogP contribution is -2.23. The molecule has 0 bridgehead atoms. The second kappa shape index (κ2) is 7.02. The summed E-state index contributed by atoms with van der Waals surface area (Å²) < 4.78 is 45.4. The highest BCUT2D eigenvalue weighted by molar-refractivity contribution is 5.71. The van der Waals surface area contributed by atoms with Crippen molar-refractivity contribution in [3.8, 4) is 5.75 Å². The lowest BCUT2D eigenvalue weighted by Gasteiger charge is -2.18. The third-order valence-corrected chi connectivity index (χ3v) is 2.29. The summed E-state index contributed by atoms with van der Waals surface area (Å²) in [6, 6.07) is 5.27. The zero-order valence-corrected chi connectivity index (χ0v) is 11.2. The van der Waals surface area contributed by atoms with E-state index in [2.05, 4.69) is 10.1 Å². The summed E-state index contributed by atoms with van der Waals surface area (Å²) in [7, 11) is 0. The van der Waals surface area contributed by atoms with Gasteiger partial charge in [0.2, 0.25) is 0 Å². The van der Waals surface area contributed by atoms with Crippen LogP contribution in [-0.4, -0.2) is 25.0 Å². The van der Waals surface area contributed by atoms with Crippen LogP contribution in [0.2, 0.25) is 0 Å². The highest BCUT2D eigenvalue weighted by Gasteiger charge is 2.32. The minimum atomic E-state index is -4.76. The molecule has 0 aliphatic heterocycles. The number of anilines is 1. The molecular formula is C13H16F3NO3. The summed E-state index contributed by atoms with van der Waals surface area (Å²) in [5.74, 6) is -0.752. The molecule has 0 radical (unpaired) electrons. The van der Waals surface area contributed by atoms with Crippen LogP contribution in [0.1, 0.15) is 20.3 Å². The highest BCUT2D eigenvalue weighted by Crippen LogP contribution is 2.30. The lowest BCUT2D eigenvalue weighted by atomic mass is 10.2. The summed E-state index contributed by atoms with van der Waals surface area (Å²) in [6.45, 7) is 3.61. The topological polar surface area (TPSA) is 47.6 Å². The van der Waals surface area contributed by atoms with Gasteiger partial charge in [-0.3, -0.25) is 4.79 Å². The Balaban J connectivity index is 2.69. The number of hydrogen-bond acceptors (Lipinski definition) is 4. The number of carbonyl (C=O) groups excluding carboxylic acids is 1. The molecule has 1 N–H and O–H groups in total. The average Bonchev–Trinajstić information content (AvgIpc) is 2.30. The van der Waals surface area contributed by atoms with E-state index in [0.29, 0.717) is 0 Å². The first kappa shape index (κ1) is 16.1. The Morgan fingerprint density at radius 1 is 1.35 bits per heavy atom. The number of halogens is 3. The maximum Gasteiger partial charge on any atom is 0.573 e. The summed E-state index contributed by atoms with van der Waals surface area (Å²) in [4.78, 5) is 11.3. The largest absolute Gasteiger partial charge is 0.573 e. The highest BCUT2D eigenvalue weighted by atomic mass is 19.4. The Kier molecular flexibility index (Phi) is 5.66. The fourth-order valence-corrected chi connectivity index (χ4v) is 1.59. The van der Waals surface area contributed by atoms with Crippen molar-refractivity contribution in [1.82, 2.24) is 0 Å². The molecule has 20 heavy (non-hydrogen) atoms. The fraction of sp³-hybridized carbons (Fsp3) is 0.462. The smallest absolute Gasteiger partial charge is 0.466 e. The number of carbonyl (C=O) groups is 1. The SMILES string of the molecule is CCOC(=O)CC(C)Nc1ccccc1OC(F)(F)F. The van der Waals surface area contributed by atoms with Gasteiger partial charge in [-0.25, -0.2) is 0 Å². The van der Waals surface area contributed by atoms with E-state index in [0.717, 1.165) is 0 Å². The van der Waals surface area contributed by atoms with E-state index in [1.165, 1.54) is 18.2 Å². The Hall–Kier alpha value is -1.92. The molecule has 1 unspecified atom stereocenters. The molecule has 112 valence electrons. The third-order valence-electron chi connectivity index (χ3n) is 2.29. The number of alkyl halides is 3. The molecule has 0 saturated carbocycles. The number of para-hydroxylation sites is 2. The van der Waals surface area contributed by atoms with E-state index in [4.69, 9.17) is 4.74 Å². The minimum absolute atomic E-state index is 0.0498. The van der Waals surface area contributed by atoms with Gasteiger partial charge < -0.3 is 14.8 Å². The van der Waals surface area contributed by atoms with Crippen molar-refractivity contribution in [2.24, 2.45) is 0 Å². The van der Waals surface area contributed by atoms with Crippen LogP contribution < -0.4 is 10.1 Å². The van der Waals surface area contributed by atoms with E-state index in [1.54, 1.807) is 19.9 Å². The maximum absolute atomic E-state index is 12.2. The summed E-state index contributed by atoms with van der Waals surface area (Å²) in [5, 5.41) is 2.80. The predicted octanol–water partition coefficient (Wildman–Crippen LogP) is 3.34. The van der Waals surface area contributed by atoms with Gasteiger partial charge in [0.15, 0.2) is 5.75 Å². The number of benzene rings is 1. The van der Waals surface area contributed by atoms with Gasteiger partial charge in [0.05, 0.1) is 18.7 Å². The average molecular weight is 291 g/mol. The molecule has 4 nitrogen and oxygen atoms in total. The van der Waals surface area contributed by atoms with Crippen LogP contribution in [0.15, 0.2) is 24.3 Å². The first-order chi connectivity index (χ1) is 9.31. The van der Waals surface area contributed by atoms with Crippen molar-refractivity contribution in [2.75, 3.05) is 11.9 Å². The van der Waals surface area contributed by atoms with Crippen LogP contribution in [0.5, 0.6) is 5.75 Å². The molecular weight excluding hydrogens is 275 g/mol. The summed E-state index contributed by atoms with van der Waals surface area (Å²) in [6.07, 6.45) is -4.71. The van der Waals surface area contributed by atoms with Crippen molar-refractivity contribution in [1.29, 1.82) is 0 Å². The first-order valence-corrected chi connectivity index (χ1v) is 6.08. The summed E-state index contributed by atoms with van der Waals surface area (Å²) in [5.41, 5.74) is 0.168. The van der Waals surface area contributed by atoms with E-state index < -0.39 is 12.3 Å². The van der Waals surface area contributed by atoms with Crippen molar-refractivity contribution < 1.29 is 27.4 Å². The predicted molar refractivity (Wildman–Crippen MR) is 67.5 cm³/mol. The molecule has 0 spiro atoms. The van der Waals surface area contributed by atoms with Crippen LogP contribution in [0.3, 0.4) is 0 Å². The molecule has 1 aromatic rings. The molecule has 1 atom stereocenters. The Bertz CT molecular complexity index is 449. The van der Waals surface area contributed by atoms with Crippen molar-refractivity contribution in [2.45, 2.75) is 32.7 Å².